The van der Waals surface area contributed by atoms with Gasteiger partial charge >= 0.3 is 0 Å². The number of nitrogens with zero attached hydrogens (tertiary/aromatic N) is 1. The predicted molar refractivity (Wildman–Crippen MR) is 83.3 cm³/mol. The maximum atomic E-state index is 11.4. The fourth-order valence-corrected chi connectivity index (χ4v) is 2.96. The number of amides is 1. The molecule has 2 N–H and O–H groups in total. The molecule has 1 rings (SSSR count). The molecular formula is C13H15Br2N3O2. The number of halogens is 2. The molecule has 1 aromatic carbocycles. The van der Waals surface area contributed by atoms with Crippen molar-refractivity contribution in [3.05, 3.63) is 26.6 Å². The van der Waals surface area contributed by atoms with E-state index in [1.165, 1.54) is 0 Å². The highest BCUT2D eigenvalue weighted by molar-refractivity contribution is 9.11. The molecule has 108 valence electrons. The maximum absolute atomic E-state index is 11.4. The Labute approximate surface area is 134 Å². The van der Waals surface area contributed by atoms with Crippen LogP contribution in [-0.4, -0.2) is 25.6 Å². The third-order valence-corrected chi connectivity index (χ3v) is 3.53. The van der Waals surface area contributed by atoms with E-state index in [0.29, 0.717) is 5.75 Å². The second-order valence-corrected chi connectivity index (χ2v) is 5.60. The normalized spacial score (nSPS) is 9.90. The largest absolute Gasteiger partial charge is 0.481 e. The smallest absolute Gasteiger partial charge is 0.258 e. The molecule has 0 saturated heterocycles. The Hall–Kier alpha value is -1.10. The van der Waals surface area contributed by atoms with Gasteiger partial charge in [-0.25, -0.2) is 0 Å². The van der Waals surface area contributed by atoms with Crippen molar-refractivity contribution >= 4 is 37.8 Å². The Morgan fingerprint density at radius 3 is 2.60 bits per heavy atom. The van der Waals surface area contributed by atoms with Crippen LogP contribution in [0.15, 0.2) is 21.1 Å². The molecule has 0 aliphatic heterocycles. The number of nitrogens with one attached hydrogen (secondary N) is 2. The molecule has 20 heavy (non-hydrogen) atoms. The Bertz CT molecular complexity index is 492. The molecule has 0 heterocycles. The van der Waals surface area contributed by atoms with Crippen molar-refractivity contribution in [1.82, 2.24) is 10.6 Å². The van der Waals surface area contributed by atoms with Gasteiger partial charge in [0, 0.05) is 6.54 Å². The summed E-state index contributed by atoms with van der Waals surface area (Å²) >= 11 is 6.85. The van der Waals surface area contributed by atoms with E-state index in [1.807, 2.05) is 25.1 Å². The van der Waals surface area contributed by atoms with Crippen LogP contribution in [0.1, 0.15) is 12.5 Å². The average molecular weight is 405 g/mol. The van der Waals surface area contributed by atoms with E-state index in [0.717, 1.165) is 27.6 Å². The first-order valence-electron chi connectivity index (χ1n) is 6.03. The molecule has 7 heteroatoms. The van der Waals surface area contributed by atoms with Crippen LogP contribution in [0.4, 0.5) is 0 Å². The minimum atomic E-state index is -0.331. The van der Waals surface area contributed by atoms with E-state index < -0.39 is 0 Å². The van der Waals surface area contributed by atoms with Crippen LogP contribution in [0.2, 0.25) is 0 Å². The predicted octanol–water partition coefficient (Wildman–Crippen LogP) is 2.34. The molecule has 0 spiro atoms. The van der Waals surface area contributed by atoms with Crippen LogP contribution >= 0.6 is 31.9 Å². The summed E-state index contributed by atoms with van der Waals surface area (Å²) in [5.41, 5.74) is 1.10. The molecule has 0 unspecified atom stereocenters. The Morgan fingerprint density at radius 2 is 2.05 bits per heavy atom. The number of hydrogen-bond acceptors (Lipinski definition) is 4. The summed E-state index contributed by atoms with van der Waals surface area (Å²) in [6, 6.07) is 5.71. The first-order valence-corrected chi connectivity index (χ1v) is 7.62. The topological polar surface area (TPSA) is 74.2 Å². The van der Waals surface area contributed by atoms with E-state index in [2.05, 4.69) is 42.5 Å². The summed E-state index contributed by atoms with van der Waals surface area (Å²) in [6.07, 6.45) is 0. The Kier molecular flexibility index (Phi) is 7.59. The Balaban J connectivity index is 2.67. The molecule has 0 aromatic heterocycles. The van der Waals surface area contributed by atoms with Gasteiger partial charge in [0.2, 0.25) is 0 Å². The summed E-state index contributed by atoms with van der Waals surface area (Å²) < 4.78 is 6.99. The molecule has 0 saturated carbocycles. The lowest BCUT2D eigenvalue weighted by molar-refractivity contribution is -0.122. The minimum Gasteiger partial charge on any atom is -0.481 e. The number of carbonyl (C=O) groups excluding carboxylic acids is 1. The van der Waals surface area contributed by atoms with Gasteiger partial charge < -0.3 is 15.4 Å². The lowest BCUT2D eigenvalue weighted by Crippen LogP contribution is -2.29. The number of benzene rings is 1. The van der Waals surface area contributed by atoms with Gasteiger partial charge in [-0.15, -0.1) is 0 Å². The average Bonchev–Trinajstić information content (AvgIpc) is 2.41. The van der Waals surface area contributed by atoms with Gasteiger partial charge in [-0.3, -0.25) is 4.79 Å². The van der Waals surface area contributed by atoms with Crippen molar-refractivity contribution in [1.29, 1.82) is 5.26 Å². The zero-order chi connectivity index (χ0) is 15.0. The highest BCUT2D eigenvalue weighted by Crippen LogP contribution is 2.34. The number of carbonyl (C=O) groups is 1. The SMILES string of the molecule is CCNCc1cc(Br)c(OCC(=O)NCC#N)c(Br)c1. The van der Waals surface area contributed by atoms with Crippen molar-refractivity contribution in [3.8, 4) is 11.8 Å². The summed E-state index contributed by atoms with van der Waals surface area (Å²) in [5, 5.41) is 14.0. The molecular weight excluding hydrogens is 390 g/mol. The monoisotopic (exact) mass is 403 g/mol. The van der Waals surface area contributed by atoms with Crippen LogP contribution < -0.4 is 15.4 Å². The molecule has 0 fully saturated rings. The third kappa shape index (κ3) is 5.49. The van der Waals surface area contributed by atoms with Crippen molar-refractivity contribution in [2.24, 2.45) is 0 Å². The van der Waals surface area contributed by atoms with Gasteiger partial charge in [0.05, 0.1) is 15.0 Å². The van der Waals surface area contributed by atoms with Gasteiger partial charge in [0.25, 0.3) is 5.91 Å². The van der Waals surface area contributed by atoms with Crippen LogP contribution in [-0.2, 0) is 11.3 Å². The zero-order valence-corrected chi connectivity index (χ0v) is 14.2. The molecule has 0 radical (unpaired) electrons. The standard InChI is InChI=1S/C13H15Br2N3O2/c1-2-17-7-9-5-10(14)13(11(15)6-9)20-8-12(19)18-4-3-16/h5-6,17H,2,4,7-8H2,1H3,(H,18,19). The van der Waals surface area contributed by atoms with E-state index in [9.17, 15) is 4.79 Å². The van der Waals surface area contributed by atoms with E-state index >= 15 is 0 Å². The minimum absolute atomic E-state index is 0.0217. The first-order chi connectivity index (χ1) is 9.58. The fourth-order valence-electron chi connectivity index (χ4n) is 1.45. The van der Waals surface area contributed by atoms with Gasteiger partial charge in [-0.2, -0.15) is 5.26 Å². The number of ether oxygens (including phenoxy) is 1. The highest BCUT2D eigenvalue weighted by atomic mass is 79.9. The molecule has 1 aromatic rings. The van der Waals surface area contributed by atoms with Gasteiger partial charge in [0.1, 0.15) is 12.3 Å². The van der Waals surface area contributed by atoms with E-state index in [-0.39, 0.29) is 19.1 Å². The van der Waals surface area contributed by atoms with Crippen molar-refractivity contribution in [2.45, 2.75) is 13.5 Å². The van der Waals surface area contributed by atoms with Crippen molar-refractivity contribution < 1.29 is 9.53 Å². The van der Waals surface area contributed by atoms with Crippen molar-refractivity contribution in [2.75, 3.05) is 19.7 Å². The number of nitriles is 1. The molecule has 1 amide bonds. The van der Waals surface area contributed by atoms with E-state index in [4.69, 9.17) is 10.00 Å². The zero-order valence-electron chi connectivity index (χ0n) is 11.0. The molecule has 0 aliphatic carbocycles. The molecule has 0 bridgehead atoms. The maximum Gasteiger partial charge on any atom is 0.258 e. The Morgan fingerprint density at radius 1 is 1.40 bits per heavy atom. The fraction of sp³-hybridized carbons (Fsp3) is 0.385. The molecule has 0 aliphatic rings. The van der Waals surface area contributed by atoms with Gasteiger partial charge in [-0.1, -0.05) is 6.92 Å². The van der Waals surface area contributed by atoms with Crippen LogP contribution in [0.3, 0.4) is 0 Å². The second kappa shape index (κ2) is 8.95. The van der Waals surface area contributed by atoms with Crippen LogP contribution in [0, 0.1) is 11.3 Å². The van der Waals surface area contributed by atoms with Crippen molar-refractivity contribution in [3.63, 3.8) is 0 Å². The summed E-state index contributed by atoms with van der Waals surface area (Å²) in [5.74, 6) is 0.236. The number of hydrogen-bond donors (Lipinski definition) is 2. The lowest BCUT2D eigenvalue weighted by atomic mass is 10.2. The number of rotatable bonds is 7. The molecule has 5 nitrogen and oxygen atoms in total. The van der Waals surface area contributed by atoms with E-state index in [1.54, 1.807) is 0 Å². The first kappa shape index (κ1) is 17.0. The van der Waals surface area contributed by atoms with Gasteiger partial charge in [0.15, 0.2) is 6.61 Å². The van der Waals surface area contributed by atoms with Crippen LogP contribution in [0.5, 0.6) is 5.75 Å². The highest BCUT2D eigenvalue weighted by Gasteiger charge is 2.11. The van der Waals surface area contributed by atoms with Gasteiger partial charge in [-0.05, 0) is 56.1 Å². The third-order valence-electron chi connectivity index (χ3n) is 2.35. The lowest BCUT2D eigenvalue weighted by Gasteiger charge is -2.12. The van der Waals surface area contributed by atoms with Crippen LogP contribution in [0.25, 0.3) is 0 Å². The summed E-state index contributed by atoms with van der Waals surface area (Å²) in [7, 11) is 0. The quantitative estimate of drug-likeness (QED) is 0.684. The summed E-state index contributed by atoms with van der Waals surface area (Å²) in [6.45, 7) is 3.54. The molecule has 0 atom stereocenters. The summed E-state index contributed by atoms with van der Waals surface area (Å²) in [4.78, 5) is 11.4. The second-order valence-electron chi connectivity index (χ2n) is 3.89.